The number of nitrogens with one attached hydrogen (secondary N) is 1. The quantitative estimate of drug-likeness (QED) is 0.210. The zero-order valence-corrected chi connectivity index (χ0v) is 31.1. The highest BCUT2D eigenvalue weighted by Gasteiger charge is 2.28. The van der Waals surface area contributed by atoms with Gasteiger partial charge in [-0.3, -0.25) is 4.79 Å². The minimum absolute atomic E-state index is 0. The molecule has 0 bridgehead atoms. The monoisotopic (exact) mass is 818 g/mol. The van der Waals surface area contributed by atoms with Crippen LogP contribution in [0, 0.1) is 11.6 Å². The first-order chi connectivity index (χ1) is 28.7. The van der Waals surface area contributed by atoms with Crippen LogP contribution in [0.15, 0.2) is 111 Å². The first-order valence-corrected chi connectivity index (χ1v) is 18.4. The van der Waals surface area contributed by atoms with Crippen molar-refractivity contribution in [3.8, 4) is 11.4 Å². The number of aromatic carboxylic acids is 1. The molecule has 2 aromatic carbocycles. The molecule has 2 aliphatic rings. The van der Waals surface area contributed by atoms with Gasteiger partial charge in [-0.25, -0.2) is 52.8 Å². The van der Waals surface area contributed by atoms with Crippen LogP contribution in [0.2, 0.25) is 0 Å². The Morgan fingerprint density at radius 3 is 1.60 bits per heavy atom. The van der Waals surface area contributed by atoms with E-state index in [4.69, 9.17) is 10.8 Å². The van der Waals surface area contributed by atoms with Gasteiger partial charge in [-0.1, -0.05) is 7.43 Å². The van der Waals surface area contributed by atoms with Gasteiger partial charge in [0, 0.05) is 87.8 Å². The van der Waals surface area contributed by atoms with Crippen molar-refractivity contribution in [2.24, 2.45) is 5.73 Å². The third-order valence-corrected chi connectivity index (χ3v) is 9.49. The molecule has 60 heavy (non-hydrogen) atoms. The Bertz CT molecular complexity index is 2700. The van der Waals surface area contributed by atoms with Gasteiger partial charge in [0.05, 0.1) is 11.4 Å². The number of hydrogen-bond donors (Lipinski definition) is 3. The van der Waals surface area contributed by atoms with Crippen LogP contribution in [0.1, 0.15) is 41.5 Å². The number of amides is 1. The number of carboxylic acids is 1. The van der Waals surface area contributed by atoms with Crippen molar-refractivity contribution < 1.29 is 23.5 Å². The summed E-state index contributed by atoms with van der Waals surface area (Å²) in [5.74, 6) is -0.722. The number of nitrogens with two attached hydrogens (primary N) is 1. The predicted molar refractivity (Wildman–Crippen MR) is 215 cm³/mol. The van der Waals surface area contributed by atoms with Gasteiger partial charge in [-0.2, -0.15) is 0 Å². The number of aromatic nitrogens is 12. The van der Waals surface area contributed by atoms with Crippen LogP contribution in [-0.4, -0.2) is 114 Å². The molecule has 19 nitrogen and oxygen atoms in total. The van der Waals surface area contributed by atoms with E-state index in [9.17, 15) is 18.4 Å². The maximum absolute atomic E-state index is 13.1. The summed E-state index contributed by atoms with van der Waals surface area (Å²) >= 11 is 0. The standard InChI is InChI=1S/C19H17FN8O.C10H13N5.C9H6FN3O2.CH4/c20-13-1-3-15(4-2-13)28-12-23-16(25-28)19(29)24-14-5-8-27(11-14)18-17-21-6-9-26(17)10-7-22-18;11-8-1-4-15(7-8)10-9-12-2-5-14(9)6-3-13-10;10-6-1-3-7(4-2-6)13-5-11-8(12-13)9(14)15;/h1-4,6-7,9-10,12,14H,5,8,11H2,(H,24,29);2-3,5-6,8H,1,4,7,11H2;1-5H,(H,14,15);1H4/t14-;8-;;/m00../s1. The summed E-state index contributed by atoms with van der Waals surface area (Å²) in [5.41, 5.74) is 8.77. The molecule has 0 aliphatic carbocycles. The molecule has 2 fully saturated rings. The summed E-state index contributed by atoms with van der Waals surface area (Å²) in [5, 5.41) is 19.5. The van der Waals surface area contributed by atoms with Gasteiger partial charge >= 0.3 is 5.97 Å². The number of carbonyl (C=O) groups is 2. The number of benzene rings is 2. The van der Waals surface area contributed by atoms with Gasteiger partial charge in [0.2, 0.25) is 5.82 Å². The molecule has 8 aromatic rings. The SMILES string of the molecule is C.N[C@H]1CCN(c2nccn3ccnc23)C1.O=C(N[C@H]1CCN(c2nccn3ccnc23)C1)c1ncn(-c2ccc(F)cc2)n1.O=C(O)c1ncn(-c2ccc(F)cc2)n1. The van der Waals surface area contributed by atoms with Crippen LogP contribution in [0.3, 0.4) is 0 Å². The molecular formula is C39H40F2N16O3. The molecular weight excluding hydrogens is 779 g/mol. The summed E-state index contributed by atoms with van der Waals surface area (Å²) in [4.78, 5) is 52.5. The Labute approximate surface area is 340 Å². The molecule has 1 amide bonds. The van der Waals surface area contributed by atoms with E-state index in [0.29, 0.717) is 17.9 Å². The van der Waals surface area contributed by atoms with Crippen molar-refractivity contribution in [1.29, 1.82) is 0 Å². The molecule has 0 saturated carbocycles. The van der Waals surface area contributed by atoms with Crippen molar-refractivity contribution >= 4 is 34.8 Å². The van der Waals surface area contributed by atoms with Crippen LogP contribution in [0.5, 0.6) is 0 Å². The largest absolute Gasteiger partial charge is 0.475 e. The Morgan fingerprint density at radius 1 is 0.650 bits per heavy atom. The summed E-state index contributed by atoms with van der Waals surface area (Å²) < 4.78 is 32.3. The van der Waals surface area contributed by atoms with E-state index >= 15 is 0 Å². The number of rotatable bonds is 7. The zero-order valence-electron chi connectivity index (χ0n) is 31.1. The lowest BCUT2D eigenvalue weighted by Crippen LogP contribution is -2.37. The van der Waals surface area contributed by atoms with Gasteiger partial charge in [-0.05, 0) is 61.4 Å². The lowest BCUT2D eigenvalue weighted by molar-refractivity contribution is 0.0683. The topological polar surface area (TPSA) is 221 Å². The van der Waals surface area contributed by atoms with Crippen molar-refractivity contribution in [3.05, 3.63) is 134 Å². The number of nitrogens with zero attached hydrogens (tertiary/aromatic N) is 14. The van der Waals surface area contributed by atoms with Crippen molar-refractivity contribution in [2.45, 2.75) is 32.4 Å². The molecule has 2 atom stereocenters. The average Bonchev–Trinajstić information content (AvgIpc) is 4.10. The van der Waals surface area contributed by atoms with Crippen LogP contribution in [0.25, 0.3) is 22.7 Å². The van der Waals surface area contributed by atoms with Gasteiger partial charge in [0.1, 0.15) is 24.3 Å². The Kier molecular flexibility index (Phi) is 12.1. The summed E-state index contributed by atoms with van der Waals surface area (Å²) in [6, 6.07) is 11.5. The van der Waals surface area contributed by atoms with Crippen molar-refractivity contribution in [1.82, 2.24) is 63.6 Å². The van der Waals surface area contributed by atoms with E-state index in [2.05, 4.69) is 55.2 Å². The molecule has 8 heterocycles. The highest BCUT2D eigenvalue weighted by molar-refractivity contribution is 5.90. The first kappa shape index (κ1) is 40.5. The Morgan fingerprint density at radius 2 is 1.12 bits per heavy atom. The Balaban J connectivity index is 0.000000148. The van der Waals surface area contributed by atoms with E-state index < -0.39 is 5.97 Å². The molecule has 0 spiro atoms. The fourth-order valence-corrected chi connectivity index (χ4v) is 6.59. The Hall–Kier alpha value is -7.68. The highest BCUT2D eigenvalue weighted by atomic mass is 19.1. The molecule has 4 N–H and O–H groups in total. The third kappa shape index (κ3) is 9.05. The van der Waals surface area contributed by atoms with E-state index in [-0.39, 0.29) is 48.7 Å². The van der Waals surface area contributed by atoms with E-state index in [1.165, 1.54) is 58.4 Å². The number of carbonyl (C=O) groups excluding carboxylic acids is 1. The first-order valence-electron chi connectivity index (χ1n) is 18.4. The second-order valence-electron chi connectivity index (χ2n) is 13.5. The van der Waals surface area contributed by atoms with Crippen molar-refractivity contribution in [3.63, 3.8) is 0 Å². The number of carboxylic acid groups (broad SMARTS) is 1. The van der Waals surface area contributed by atoms with Gasteiger partial charge < -0.3 is 34.8 Å². The normalized spacial score (nSPS) is 15.8. The summed E-state index contributed by atoms with van der Waals surface area (Å²) in [6.07, 6.45) is 19.1. The molecule has 2 aliphatic heterocycles. The van der Waals surface area contributed by atoms with E-state index in [1.807, 2.05) is 33.6 Å². The average molecular weight is 819 g/mol. The molecule has 10 rings (SSSR count). The smallest absolute Gasteiger partial charge is 0.375 e. The number of hydrogen-bond acceptors (Lipinski definition) is 13. The van der Waals surface area contributed by atoms with Gasteiger partial charge in [-0.15, -0.1) is 10.2 Å². The number of anilines is 2. The lowest BCUT2D eigenvalue weighted by atomic mass is 10.2. The van der Waals surface area contributed by atoms with Crippen LogP contribution >= 0.6 is 0 Å². The predicted octanol–water partition coefficient (Wildman–Crippen LogP) is 3.47. The molecule has 21 heteroatoms. The van der Waals surface area contributed by atoms with E-state index in [1.54, 1.807) is 36.9 Å². The molecule has 0 radical (unpaired) electrons. The molecule has 2 saturated heterocycles. The summed E-state index contributed by atoms with van der Waals surface area (Å²) in [6.45, 7) is 3.24. The summed E-state index contributed by atoms with van der Waals surface area (Å²) in [7, 11) is 0. The minimum atomic E-state index is -1.20. The number of halogens is 2. The highest BCUT2D eigenvalue weighted by Crippen LogP contribution is 2.23. The number of imidazole rings is 2. The maximum atomic E-state index is 13.1. The second kappa shape index (κ2) is 17.9. The lowest BCUT2D eigenvalue weighted by Gasteiger charge is -2.18. The van der Waals surface area contributed by atoms with E-state index in [0.717, 1.165) is 55.4 Å². The second-order valence-corrected chi connectivity index (χ2v) is 13.5. The maximum Gasteiger partial charge on any atom is 0.375 e. The molecule has 0 unspecified atom stereocenters. The fraction of sp³-hybridized carbons (Fsp3) is 0.231. The minimum Gasteiger partial charge on any atom is -0.475 e. The van der Waals surface area contributed by atoms with Crippen LogP contribution in [-0.2, 0) is 0 Å². The molecule has 6 aromatic heterocycles. The third-order valence-electron chi connectivity index (χ3n) is 9.49. The van der Waals surface area contributed by atoms with Gasteiger partial charge in [0.15, 0.2) is 22.9 Å². The fourth-order valence-electron chi connectivity index (χ4n) is 6.59. The molecule has 308 valence electrons. The number of fused-ring (bicyclic) bond motifs is 2. The van der Waals surface area contributed by atoms with Crippen LogP contribution < -0.4 is 20.9 Å². The van der Waals surface area contributed by atoms with Crippen molar-refractivity contribution in [2.75, 3.05) is 36.0 Å². The van der Waals surface area contributed by atoms with Crippen LogP contribution in [0.4, 0.5) is 20.4 Å². The zero-order chi connectivity index (χ0) is 40.9. The van der Waals surface area contributed by atoms with Gasteiger partial charge in [0.25, 0.3) is 11.7 Å².